The van der Waals surface area contributed by atoms with Crippen molar-refractivity contribution in [2.24, 2.45) is 0 Å². The number of halogens is 2. The Bertz CT molecular complexity index is 951. The number of carbonyl (C=O) groups excluding carboxylic acids is 1. The summed E-state index contributed by atoms with van der Waals surface area (Å²) in [7, 11) is 1.48. The van der Waals surface area contributed by atoms with Crippen LogP contribution < -0.4 is 19.5 Å². The monoisotopic (exact) mass is 390 g/mol. The van der Waals surface area contributed by atoms with Gasteiger partial charge in [-0.1, -0.05) is 23.2 Å². The first-order valence-corrected chi connectivity index (χ1v) is 8.13. The Labute approximate surface area is 159 Å². The van der Waals surface area contributed by atoms with Crippen molar-refractivity contribution in [1.29, 1.82) is 5.26 Å². The molecule has 6 nitrogen and oxygen atoms in total. The summed E-state index contributed by atoms with van der Waals surface area (Å²) in [4.78, 5) is 12.4. The van der Waals surface area contributed by atoms with Gasteiger partial charge in [0.15, 0.2) is 11.5 Å². The molecule has 0 saturated carbocycles. The second kappa shape index (κ2) is 7.56. The van der Waals surface area contributed by atoms with E-state index in [1.54, 1.807) is 24.3 Å². The van der Waals surface area contributed by atoms with Crippen LogP contribution in [-0.2, 0) is 4.79 Å². The van der Waals surface area contributed by atoms with Gasteiger partial charge in [-0.15, -0.1) is 0 Å². The largest absolute Gasteiger partial charge is 0.496 e. The van der Waals surface area contributed by atoms with Crippen LogP contribution in [0.2, 0.25) is 10.0 Å². The normalized spacial score (nSPS) is 12.5. The van der Waals surface area contributed by atoms with Crippen LogP contribution in [0.5, 0.6) is 17.2 Å². The fraction of sp³-hybridized carbons (Fsp3) is 0.111. The van der Waals surface area contributed by atoms with Crippen LogP contribution in [0.4, 0.5) is 5.69 Å². The number of fused-ring (bicyclic) bond motifs is 1. The molecule has 0 unspecified atom stereocenters. The molecule has 1 heterocycles. The molecule has 0 atom stereocenters. The molecule has 2 aromatic carbocycles. The number of anilines is 1. The first kappa shape index (κ1) is 17.9. The van der Waals surface area contributed by atoms with Crippen LogP contribution in [0.3, 0.4) is 0 Å². The van der Waals surface area contributed by atoms with Gasteiger partial charge in [-0.3, -0.25) is 4.79 Å². The number of hydrogen-bond donors (Lipinski definition) is 1. The van der Waals surface area contributed by atoms with Crippen molar-refractivity contribution >= 4 is 40.9 Å². The molecule has 0 spiro atoms. The van der Waals surface area contributed by atoms with Crippen molar-refractivity contribution in [2.45, 2.75) is 0 Å². The molecule has 1 N–H and O–H groups in total. The van der Waals surface area contributed by atoms with Crippen molar-refractivity contribution in [1.82, 2.24) is 0 Å². The van der Waals surface area contributed by atoms with Crippen molar-refractivity contribution < 1.29 is 19.0 Å². The van der Waals surface area contributed by atoms with Gasteiger partial charge < -0.3 is 19.5 Å². The van der Waals surface area contributed by atoms with Crippen molar-refractivity contribution in [3.63, 3.8) is 0 Å². The summed E-state index contributed by atoms with van der Waals surface area (Å²) < 4.78 is 15.9. The number of benzene rings is 2. The lowest BCUT2D eigenvalue weighted by Crippen LogP contribution is -2.13. The fourth-order valence-corrected chi connectivity index (χ4v) is 2.77. The molecule has 0 aliphatic carbocycles. The molecule has 0 fully saturated rings. The van der Waals surface area contributed by atoms with Crippen LogP contribution in [0.1, 0.15) is 5.56 Å². The average molecular weight is 391 g/mol. The zero-order valence-corrected chi connectivity index (χ0v) is 15.0. The molecule has 1 amide bonds. The highest BCUT2D eigenvalue weighted by atomic mass is 35.5. The average Bonchev–Trinajstić information content (AvgIpc) is 3.08. The molecule has 1 aliphatic rings. The molecular weight excluding hydrogens is 379 g/mol. The van der Waals surface area contributed by atoms with E-state index in [0.717, 1.165) is 0 Å². The summed E-state index contributed by atoms with van der Waals surface area (Å²) in [5.41, 5.74) is 0.721. The van der Waals surface area contributed by atoms with Gasteiger partial charge in [-0.05, 0) is 30.3 Å². The molecule has 132 valence electrons. The number of amides is 1. The predicted molar refractivity (Wildman–Crippen MR) is 97.8 cm³/mol. The molecule has 26 heavy (non-hydrogen) atoms. The van der Waals surface area contributed by atoms with E-state index in [9.17, 15) is 10.1 Å². The lowest BCUT2D eigenvalue weighted by atomic mass is 10.1. The Kier molecular flexibility index (Phi) is 5.21. The minimum atomic E-state index is -0.614. The summed E-state index contributed by atoms with van der Waals surface area (Å²) in [6.07, 6.45) is 1.40. The number of hydrogen-bond acceptors (Lipinski definition) is 5. The Morgan fingerprint density at radius 1 is 1.27 bits per heavy atom. The molecule has 0 saturated heterocycles. The molecule has 0 bridgehead atoms. The molecule has 0 aromatic heterocycles. The first-order valence-electron chi connectivity index (χ1n) is 7.37. The fourth-order valence-electron chi connectivity index (χ4n) is 2.31. The quantitative estimate of drug-likeness (QED) is 0.622. The Balaban J connectivity index is 1.91. The second-order valence-electron chi connectivity index (χ2n) is 5.20. The second-order valence-corrected chi connectivity index (χ2v) is 6.04. The summed E-state index contributed by atoms with van der Waals surface area (Å²) in [5.74, 6) is 0.876. The lowest BCUT2D eigenvalue weighted by Gasteiger charge is -2.09. The van der Waals surface area contributed by atoms with Gasteiger partial charge in [-0.25, -0.2) is 0 Å². The number of methoxy groups -OCH3 is 1. The third-order valence-corrected chi connectivity index (χ3v) is 4.12. The van der Waals surface area contributed by atoms with Crippen molar-refractivity contribution in [3.8, 4) is 23.3 Å². The molecule has 2 aromatic rings. The van der Waals surface area contributed by atoms with Crippen LogP contribution >= 0.6 is 23.2 Å². The van der Waals surface area contributed by atoms with E-state index in [0.29, 0.717) is 33.5 Å². The topological polar surface area (TPSA) is 80.6 Å². The number of rotatable bonds is 4. The molecule has 3 rings (SSSR count). The van der Waals surface area contributed by atoms with Crippen molar-refractivity contribution in [3.05, 3.63) is 51.5 Å². The summed E-state index contributed by atoms with van der Waals surface area (Å²) in [5, 5.41) is 12.7. The van der Waals surface area contributed by atoms with E-state index in [1.807, 2.05) is 6.07 Å². The van der Waals surface area contributed by atoms with Crippen LogP contribution in [-0.4, -0.2) is 19.8 Å². The highest BCUT2D eigenvalue weighted by Gasteiger charge is 2.19. The zero-order valence-electron chi connectivity index (χ0n) is 13.5. The van der Waals surface area contributed by atoms with Gasteiger partial charge in [0.25, 0.3) is 5.91 Å². The molecular formula is C18H12Cl2N2O4. The Morgan fingerprint density at radius 2 is 2.00 bits per heavy atom. The maximum atomic E-state index is 12.4. The number of nitriles is 1. The predicted octanol–water partition coefficient (Wildman–Crippen LogP) is 4.28. The number of nitrogens with zero attached hydrogens (tertiary/aromatic N) is 1. The summed E-state index contributed by atoms with van der Waals surface area (Å²) >= 11 is 11.9. The number of ether oxygens (including phenoxy) is 3. The zero-order chi connectivity index (χ0) is 18.7. The van der Waals surface area contributed by atoms with Gasteiger partial charge in [0.05, 0.1) is 17.8 Å². The maximum absolute atomic E-state index is 12.4. The standard InChI is InChI=1S/C18H12Cl2N2O4/c1-24-15-7-17-16(25-9-26-17)5-10(15)4-11(8-21)18(23)22-14-3-2-12(19)6-13(14)20/h2-7H,9H2,1H3,(H,22,23)/b11-4+. The van der Waals surface area contributed by atoms with E-state index >= 15 is 0 Å². The molecule has 1 aliphatic heterocycles. The van der Waals surface area contributed by atoms with E-state index in [4.69, 9.17) is 37.4 Å². The smallest absolute Gasteiger partial charge is 0.266 e. The third-order valence-electron chi connectivity index (χ3n) is 3.57. The lowest BCUT2D eigenvalue weighted by molar-refractivity contribution is -0.112. The van der Waals surface area contributed by atoms with Gasteiger partial charge in [0, 0.05) is 16.7 Å². The molecule has 8 heteroatoms. The minimum Gasteiger partial charge on any atom is -0.496 e. The SMILES string of the molecule is COc1cc2c(cc1/C=C(\C#N)C(=O)Nc1ccc(Cl)cc1Cl)OCO2. The van der Waals surface area contributed by atoms with E-state index < -0.39 is 5.91 Å². The van der Waals surface area contributed by atoms with Crippen molar-refractivity contribution in [2.75, 3.05) is 19.2 Å². The Hall–Kier alpha value is -2.88. The van der Waals surface area contributed by atoms with Gasteiger partial charge in [-0.2, -0.15) is 5.26 Å². The summed E-state index contributed by atoms with van der Waals surface area (Å²) in [6, 6.07) is 9.78. The van der Waals surface area contributed by atoms with Crippen LogP contribution in [0, 0.1) is 11.3 Å². The number of carbonyl (C=O) groups is 1. The Morgan fingerprint density at radius 3 is 2.65 bits per heavy atom. The minimum absolute atomic E-state index is 0.103. The van der Waals surface area contributed by atoms with Gasteiger partial charge in [0.1, 0.15) is 17.4 Å². The highest BCUT2D eigenvalue weighted by molar-refractivity contribution is 6.36. The number of nitrogens with one attached hydrogen (secondary N) is 1. The summed E-state index contributed by atoms with van der Waals surface area (Å²) in [6.45, 7) is 0.103. The first-order chi connectivity index (χ1) is 12.5. The van der Waals surface area contributed by atoms with E-state index in [-0.39, 0.29) is 17.4 Å². The van der Waals surface area contributed by atoms with Gasteiger partial charge in [0.2, 0.25) is 6.79 Å². The van der Waals surface area contributed by atoms with E-state index in [2.05, 4.69) is 5.32 Å². The van der Waals surface area contributed by atoms with Crippen LogP contribution in [0.15, 0.2) is 35.9 Å². The van der Waals surface area contributed by atoms with Gasteiger partial charge >= 0.3 is 0 Å². The third kappa shape index (κ3) is 3.69. The molecule has 0 radical (unpaired) electrons. The van der Waals surface area contributed by atoms with Crippen LogP contribution in [0.25, 0.3) is 6.08 Å². The van der Waals surface area contributed by atoms with E-state index in [1.165, 1.54) is 19.3 Å². The maximum Gasteiger partial charge on any atom is 0.266 e. The highest BCUT2D eigenvalue weighted by Crippen LogP contribution is 2.39.